The van der Waals surface area contributed by atoms with Gasteiger partial charge in [-0.25, -0.2) is 4.98 Å². The lowest BCUT2D eigenvalue weighted by atomic mass is 10.2. The molecule has 6 heteroatoms. The molecule has 0 aliphatic heterocycles. The highest BCUT2D eigenvalue weighted by atomic mass is 16.6. The van der Waals surface area contributed by atoms with Crippen molar-refractivity contribution in [1.29, 1.82) is 5.26 Å². The molecule has 0 amide bonds. The summed E-state index contributed by atoms with van der Waals surface area (Å²) in [7, 11) is 0. The van der Waals surface area contributed by atoms with Gasteiger partial charge in [-0.3, -0.25) is 10.1 Å². The van der Waals surface area contributed by atoms with Crippen LogP contribution in [0.15, 0.2) is 36.5 Å². The summed E-state index contributed by atoms with van der Waals surface area (Å²) < 4.78 is 5.48. The number of pyridine rings is 1. The molecule has 6 nitrogen and oxygen atoms in total. The number of benzene rings is 1. The third-order valence-corrected chi connectivity index (χ3v) is 2.69. The summed E-state index contributed by atoms with van der Waals surface area (Å²) in [4.78, 5) is 14.3. The molecule has 1 heterocycles. The molecule has 100 valence electrons. The maximum atomic E-state index is 10.9. The maximum Gasteiger partial charge on any atom is 0.310 e. The van der Waals surface area contributed by atoms with E-state index in [9.17, 15) is 10.1 Å². The summed E-state index contributed by atoms with van der Waals surface area (Å²) in [5.74, 6) is 0.183. The fourth-order valence-electron chi connectivity index (χ4n) is 1.70. The van der Waals surface area contributed by atoms with Crippen LogP contribution in [-0.2, 0) is 6.61 Å². The van der Waals surface area contributed by atoms with E-state index in [1.54, 1.807) is 24.3 Å². The van der Waals surface area contributed by atoms with Crippen molar-refractivity contribution < 1.29 is 9.66 Å². The molecule has 0 unspecified atom stereocenters. The van der Waals surface area contributed by atoms with Crippen LogP contribution < -0.4 is 4.74 Å². The Morgan fingerprint density at radius 3 is 2.95 bits per heavy atom. The van der Waals surface area contributed by atoms with Crippen LogP contribution in [0.3, 0.4) is 0 Å². The van der Waals surface area contributed by atoms with Gasteiger partial charge in [-0.1, -0.05) is 12.1 Å². The van der Waals surface area contributed by atoms with Crippen LogP contribution >= 0.6 is 0 Å². The molecular weight excluding hydrogens is 258 g/mol. The van der Waals surface area contributed by atoms with Crippen LogP contribution in [-0.4, -0.2) is 9.91 Å². The molecule has 20 heavy (non-hydrogen) atoms. The lowest BCUT2D eigenvalue weighted by Gasteiger charge is -2.08. The van der Waals surface area contributed by atoms with Crippen molar-refractivity contribution in [2.75, 3.05) is 0 Å². The van der Waals surface area contributed by atoms with Crippen LogP contribution in [0.1, 0.15) is 16.8 Å². The van der Waals surface area contributed by atoms with Gasteiger partial charge in [-0.15, -0.1) is 0 Å². The molecular formula is C14H11N3O3. The van der Waals surface area contributed by atoms with E-state index in [0.717, 1.165) is 5.56 Å². The first-order valence-electron chi connectivity index (χ1n) is 5.83. The molecule has 2 aromatic rings. The summed E-state index contributed by atoms with van der Waals surface area (Å²) in [6.07, 6.45) is 1.51. The topological polar surface area (TPSA) is 89.1 Å². The molecule has 0 saturated heterocycles. The minimum absolute atomic E-state index is 0.0566. The SMILES string of the molecule is Cc1ccc([N+](=O)[O-])c(OCc2cccnc2C#N)c1. The van der Waals surface area contributed by atoms with Gasteiger partial charge in [0.15, 0.2) is 5.75 Å². The minimum Gasteiger partial charge on any atom is -0.482 e. The van der Waals surface area contributed by atoms with Crippen LogP contribution in [0.5, 0.6) is 5.75 Å². The van der Waals surface area contributed by atoms with Crippen LogP contribution in [0, 0.1) is 28.4 Å². The van der Waals surface area contributed by atoms with Gasteiger partial charge in [0.25, 0.3) is 0 Å². The number of hydrogen-bond acceptors (Lipinski definition) is 5. The number of nitro groups is 1. The zero-order valence-corrected chi connectivity index (χ0v) is 10.7. The van der Waals surface area contributed by atoms with Gasteiger partial charge < -0.3 is 4.74 Å². The van der Waals surface area contributed by atoms with Crippen molar-refractivity contribution in [2.24, 2.45) is 0 Å². The first-order chi connectivity index (χ1) is 9.61. The van der Waals surface area contributed by atoms with Gasteiger partial charge in [0.1, 0.15) is 18.4 Å². The number of nitriles is 1. The maximum absolute atomic E-state index is 10.9. The third kappa shape index (κ3) is 2.90. The predicted octanol–water partition coefficient (Wildman–Crippen LogP) is 2.75. The second-order valence-corrected chi connectivity index (χ2v) is 4.14. The van der Waals surface area contributed by atoms with E-state index in [4.69, 9.17) is 10.00 Å². The molecule has 0 fully saturated rings. The second kappa shape index (κ2) is 5.80. The van der Waals surface area contributed by atoms with Crippen molar-refractivity contribution in [3.8, 4) is 11.8 Å². The molecule has 1 aromatic heterocycles. The number of nitrogens with zero attached hydrogens (tertiary/aromatic N) is 3. The molecule has 0 spiro atoms. The molecule has 0 bridgehead atoms. The van der Waals surface area contributed by atoms with E-state index < -0.39 is 4.92 Å². The number of aryl methyl sites for hydroxylation is 1. The van der Waals surface area contributed by atoms with Gasteiger partial charge in [-0.2, -0.15) is 5.26 Å². The smallest absolute Gasteiger partial charge is 0.310 e. The zero-order valence-electron chi connectivity index (χ0n) is 10.7. The fourth-order valence-corrected chi connectivity index (χ4v) is 1.70. The Hall–Kier alpha value is -2.94. The Morgan fingerprint density at radius 1 is 1.45 bits per heavy atom. The van der Waals surface area contributed by atoms with E-state index in [1.165, 1.54) is 12.3 Å². The average molecular weight is 269 g/mol. The summed E-state index contributed by atoms with van der Waals surface area (Å²) >= 11 is 0. The van der Waals surface area contributed by atoms with E-state index >= 15 is 0 Å². The molecule has 0 radical (unpaired) electrons. The van der Waals surface area contributed by atoms with E-state index in [-0.39, 0.29) is 23.7 Å². The first-order valence-corrected chi connectivity index (χ1v) is 5.83. The summed E-state index contributed by atoms with van der Waals surface area (Å²) in [5, 5.41) is 19.9. The number of nitro benzene ring substituents is 1. The van der Waals surface area contributed by atoms with E-state index in [2.05, 4.69) is 4.98 Å². The molecule has 0 aliphatic rings. The van der Waals surface area contributed by atoms with Gasteiger partial charge in [0.05, 0.1) is 4.92 Å². The highest BCUT2D eigenvalue weighted by molar-refractivity contribution is 5.48. The Kier molecular flexibility index (Phi) is 3.91. The van der Waals surface area contributed by atoms with Gasteiger partial charge in [0, 0.05) is 17.8 Å². The monoisotopic (exact) mass is 269 g/mol. The Labute approximate surface area is 115 Å². The number of rotatable bonds is 4. The normalized spacial score (nSPS) is 9.80. The third-order valence-electron chi connectivity index (χ3n) is 2.69. The molecule has 0 saturated carbocycles. The number of ether oxygens (including phenoxy) is 1. The molecule has 0 atom stereocenters. The van der Waals surface area contributed by atoms with Crippen molar-refractivity contribution in [3.05, 3.63) is 63.5 Å². The lowest BCUT2D eigenvalue weighted by Crippen LogP contribution is -2.02. The van der Waals surface area contributed by atoms with E-state index in [0.29, 0.717) is 5.56 Å². The summed E-state index contributed by atoms with van der Waals surface area (Å²) in [6, 6.07) is 9.99. The van der Waals surface area contributed by atoms with Crippen LogP contribution in [0.25, 0.3) is 0 Å². The van der Waals surface area contributed by atoms with Crippen molar-refractivity contribution >= 4 is 5.69 Å². The Bertz CT molecular complexity index is 692. The fraction of sp³-hybridized carbons (Fsp3) is 0.143. The number of hydrogen-bond donors (Lipinski definition) is 0. The second-order valence-electron chi connectivity index (χ2n) is 4.14. The molecule has 0 aliphatic carbocycles. The zero-order chi connectivity index (χ0) is 14.5. The Morgan fingerprint density at radius 2 is 2.25 bits per heavy atom. The van der Waals surface area contributed by atoms with Gasteiger partial charge >= 0.3 is 5.69 Å². The van der Waals surface area contributed by atoms with Crippen LogP contribution in [0.2, 0.25) is 0 Å². The Balaban J connectivity index is 2.25. The first kappa shape index (κ1) is 13.5. The van der Waals surface area contributed by atoms with E-state index in [1.807, 2.05) is 13.0 Å². The standard InChI is InChI=1S/C14H11N3O3/c1-10-4-5-13(17(18)19)14(7-10)20-9-11-3-2-6-16-12(11)8-15/h2-7H,9H2,1H3. The minimum atomic E-state index is -0.497. The van der Waals surface area contributed by atoms with Crippen molar-refractivity contribution in [3.63, 3.8) is 0 Å². The number of aromatic nitrogens is 1. The highest BCUT2D eigenvalue weighted by Crippen LogP contribution is 2.28. The predicted molar refractivity (Wildman–Crippen MR) is 71.1 cm³/mol. The average Bonchev–Trinajstić information content (AvgIpc) is 2.45. The summed E-state index contributed by atoms with van der Waals surface area (Å²) in [6.45, 7) is 1.88. The van der Waals surface area contributed by atoms with Crippen molar-refractivity contribution in [2.45, 2.75) is 13.5 Å². The van der Waals surface area contributed by atoms with Crippen LogP contribution in [0.4, 0.5) is 5.69 Å². The largest absolute Gasteiger partial charge is 0.482 e. The van der Waals surface area contributed by atoms with Gasteiger partial charge in [0.2, 0.25) is 0 Å². The summed E-state index contributed by atoms with van der Waals surface area (Å²) in [5.41, 5.74) is 1.60. The molecule has 2 rings (SSSR count). The van der Waals surface area contributed by atoms with Gasteiger partial charge in [-0.05, 0) is 24.6 Å². The molecule has 1 aromatic carbocycles. The highest BCUT2D eigenvalue weighted by Gasteiger charge is 2.15. The lowest BCUT2D eigenvalue weighted by molar-refractivity contribution is -0.386. The quantitative estimate of drug-likeness (QED) is 0.628. The van der Waals surface area contributed by atoms with Crippen molar-refractivity contribution in [1.82, 2.24) is 4.98 Å². The molecule has 0 N–H and O–H groups in total.